The van der Waals surface area contributed by atoms with Gasteiger partial charge >= 0.3 is 6.18 Å². The van der Waals surface area contributed by atoms with Crippen LogP contribution in [-0.2, 0) is 11.9 Å². The lowest BCUT2D eigenvalue weighted by Gasteiger charge is -2.07. The number of methoxy groups -OCH3 is 2. The molecule has 0 fully saturated rings. The van der Waals surface area contributed by atoms with Gasteiger partial charge in [-0.3, -0.25) is 0 Å². The zero-order valence-electron chi connectivity index (χ0n) is 14.4. The van der Waals surface area contributed by atoms with E-state index in [2.05, 4.69) is 10.2 Å². The Hall–Kier alpha value is -2.68. The SMILES string of the molecule is COc1cc(OC)cc(-c2nnc(SCc3cccc(C(F)(F)F)c3)o2)c1. The molecule has 0 radical (unpaired) electrons. The third-order valence-corrected chi connectivity index (χ3v) is 4.51. The van der Waals surface area contributed by atoms with E-state index < -0.39 is 11.7 Å². The van der Waals surface area contributed by atoms with Crippen molar-refractivity contribution in [2.45, 2.75) is 17.2 Å². The van der Waals surface area contributed by atoms with Crippen molar-refractivity contribution >= 4 is 11.8 Å². The Kier molecular flexibility index (Phi) is 5.59. The summed E-state index contributed by atoms with van der Waals surface area (Å²) in [4.78, 5) is 0. The third kappa shape index (κ3) is 4.73. The van der Waals surface area contributed by atoms with Gasteiger partial charge in [0.2, 0.25) is 5.89 Å². The van der Waals surface area contributed by atoms with E-state index in [0.717, 1.165) is 23.9 Å². The second kappa shape index (κ2) is 7.91. The summed E-state index contributed by atoms with van der Waals surface area (Å²) >= 11 is 1.16. The predicted molar refractivity (Wildman–Crippen MR) is 93.8 cm³/mol. The molecule has 142 valence electrons. The molecule has 1 aromatic heterocycles. The molecule has 27 heavy (non-hydrogen) atoms. The summed E-state index contributed by atoms with van der Waals surface area (Å²) in [5.41, 5.74) is 0.442. The van der Waals surface area contributed by atoms with E-state index in [1.807, 2.05) is 0 Å². The van der Waals surface area contributed by atoms with Crippen LogP contribution in [-0.4, -0.2) is 24.4 Å². The molecule has 0 unspecified atom stereocenters. The Morgan fingerprint density at radius 3 is 2.33 bits per heavy atom. The molecule has 0 N–H and O–H groups in total. The van der Waals surface area contributed by atoms with E-state index >= 15 is 0 Å². The highest BCUT2D eigenvalue weighted by Crippen LogP contribution is 2.33. The highest BCUT2D eigenvalue weighted by molar-refractivity contribution is 7.98. The van der Waals surface area contributed by atoms with Crippen LogP contribution in [0.5, 0.6) is 11.5 Å². The highest BCUT2D eigenvalue weighted by atomic mass is 32.2. The van der Waals surface area contributed by atoms with Gasteiger partial charge in [-0.25, -0.2) is 0 Å². The number of nitrogens with zero attached hydrogens (tertiary/aromatic N) is 2. The molecular formula is C18H15F3N2O3S. The van der Waals surface area contributed by atoms with Crippen molar-refractivity contribution in [3.8, 4) is 23.0 Å². The molecule has 1 heterocycles. The Balaban J connectivity index is 1.74. The smallest absolute Gasteiger partial charge is 0.416 e. The average molecular weight is 396 g/mol. The zero-order chi connectivity index (χ0) is 19.4. The summed E-state index contributed by atoms with van der Waals surface area (Å²) in [6.07, 6.45) is -4.37. The van der Waals surface area contributed by atoms with Gasteiger partial charge in [-0.05, 0) is 23.8 Å². The van der Waals surface area contributed by atoms with E-state index in [0.29, 0.717) is 22.6 Å². The van der Waals surface area contributed by atoms with Gasteiger partial charge in [0.05, 0.1) is 19.8 Å². The van der Waals surface area contributed by atoms with Crippen molar-refractivity contribution < 1.29 is 27.1 Å². The molecule has 0 amide bonds. The number of rotatable bonds is 6. The predicted octanol–water partition coefficient (Wildman–Crippen LogP) is 5.06. The summed E-state index contributed by atoms with van der Waals surface area (Å²) in [6.45, 7) is 0. The summed E-state index contributed by atoms with van der Waals surface area (Å²) in [5, 5.41) is 8.16. The first-order chi connectivity index (χ1) is 12.9. The number of ether oxygens (including phenoxy) is 2. The molecule has 0 aliphatic carbocycles. The molecular weight excluding hydrogens is 381 g/mol. The van der Waals surface area contributed by atoms with Gasteiger partial charge in [-0.1, -0.05) is 30.0 Å². The molecule has 0 saturated carbocycles. The second-order valence-corrected chi connectivity index (χ2v) is 6.39. The molecule has 9 heteroatoms. The molecule has 3 aromatic rings. The van der Waals surface area contributed by atoms with Crippen LogP contribution in [0.3, 0.4) is 0 Å². The maximum absolute atomic E-state index is 12.8. The average Bonchev–Trinajstić information content (AvgIpc) is 3.14. The highest BCUT2D eigenvalue weighted by Gasteiger charge is 2.30. The summed E-state index contributed by atoms with van der Waals surface area (Å²) < 4.78 is 54.3. The third-order valence-electron chi connectivity index (χ3n) is 3.62. The quantitative estimate of drug-likeness (QED) is 0.543. The minimum absolute atomic E-state index is 0.254. The maximum atomic E-state index is 12.8. The Labute approximate surface area is 157 Å². The molecule has 0 bridgehead atoms. The molecule has 2 aromatic carbocycles. The number of aromatic nitrogens is 2. The molecule has 3 rings (SSSR count). The maximum Gasteiger partial charge on any atom is 0.416 e. The normalized spacial score (nSPS) is 11.4. The summed E-state index contributed by atoms with van der Waals surface area (Å²) in [7, 11) is 3.06. The fraction of sp³-hybridized carbons (Fsp3) is 0.222. The van der Waals surface area contributed by atoms with Gasteiger partial charge in [0.1, 0.15) is 11.5 Å². The number of halogens is 3. The van der Waals surface area contributed by atoms with Crippen molar-refractivity contribution in [2.75, 3.05) is 14.2 Å². The monoisotopic (exact) mass is 396 g/mol. The van der Waals surface area contributed by atoms with Crippen LogP contribution in [0.2, 0.25) is 0 Å². The van der Waals surface area contributed by atoms with Crippen LogP contribution in [0.25, 0.3) is 11.5 Å². The fourth-order valence-corrected chi connectivity index (χ4v) is 3.00. The Morgan fingerprint density at radius 2 is 1.70 bits per heavy atom. The number of thioether (sulfide) groups is 1. The lowest BCUT2D eigenvalue weighted by atomic mass is 10.1. The standard InChI is InChI=1S/C18H15F3N2O3S/c1-24-14-7-12(8-15(9-14)25-2)16-22-23-17(26-16)27-10-11-4-3-5-13(6-11)18(19,20)21/h3-9H,10H2,1-2H3. The van der Waals surface area contributed by atoms with Crippen LogP contribution in [0.15, 0.2) is 52.1 Å². The van der Waals surface area contributed by atoms with E-state index in [9.17, 15) is 13.2 Å². The van der Waals surface area contributed by atoms with Gasteiger partial charge in [-0.2, -0.15) is 13.2 Å². The number of alkyl halides is 3. The molecule has 0 aliphatic heterocycles. The van der Waals surface area contributed by atoms with Gasteiger partial charge in [-0.15, -0.1) is 10.2 Å². The van der Waals surface area contributed by atoms with Crippen molar-refractivity contribution in [1.82, 2.24) is 10.2 Å². The lowest BCUT2D eigenvalue weighted by molar-refractivity contribution is -0.137. The number of hydrogen-bond acceptors (Lipinski definition) is 6. The van der Waals surface area contributed by atoms with Gasteiger partial charge < -0.3 is 13.9 Å². The van der Waals surface area contributed by atoms with Gasteiger partial charge in [0.15, 0.2) is 0 Å². The molecule has 0 saturated heterocycles. The van der Waals surface area contributed by atoms with E-state index in [-0.39, 0.29) is 16.9 Å². The largest absolute Gasteiger partial charge is 0.497 e. The zero-order valence-corrected chi connectivity index (χ0v) is 15.2. The van der Waals surface area contributed by atoms with Crippen LogP contribution >= 0.6 is 11.8 Å². The van der Waals surface area contributed by atoms with Crippen LogP contribution in [0.4, 0.5) is 13.2 Å². The summed E-state index contributed by atoms with van der Waals surface area (Å²) in [6, 6.07) is 10.3. The minimum atomic E-state index is -4.37. The second-order valence-electron chi connectivity index (χ2n) is 5.46. The van der Waals surface area contributed by atoms with Gasteiger partial charge in [0.25, 0.3) is 5.22 Å². The van der Waals surface area contributed by atoms with E-state index in [4.69, 9.17) is 13.9 Å². The minimum Gasteiger partial charge on any atom is -0.497 e. The van der Waals surface area contributed by atoms with Crippen molar-refractivity contribution in [2.24, 2.45) is 0 Å². The van der Waals surface area contributed by atoms with Crippen LogP contribution in [0.1, 0.15) is 11.1 Å². The van der Waals surface area contributed by atoms with Crippen LogP contribution < -0.4 is 9.47 Å². The molecule has 0 atom stereocenters. The van der Waals surface area contributed by atoms with E-state index in [1.165, 1.54) is 20.3 Å². The first-order valence-electron chi connectivity index (χ1n) is 7.75. The fourth-order valence-electron chi connectivity index (χ4n) is 2.30. The van der Waals surface area contributed by atoms with Crippen LogP contribution in [0, 0.1) is 0 Å². The number of hydrogen-bond donors (Lipinski definition) is 0. The number of benzene rings is 2. The first kappa shape index (κ1) is 19.1. The van der Waals surface area contributed by atoms with Crippen molar-refractivity contribution in [3.63, 3.8) is 0 Å². The first-order valence-corrected chi connectivity index (χ1v) is 8.73. The van der Waals surface area contributed by atoms with E-state index in [1.54, 1.807) is 24.3 Å². The Bertz CT molecular complexity index is 906. The Morgan fingerprint density at radius 1 is 1.00 bits per heavy atom. The molecule has 5 nitrogen and oxygen atoms in total. The summed E-state index contributed by atoms with van der Waals surface area (Å²) in [5.74, 6) is 1.67. The topological polar surface area (TPSA) is 57.4 Å². The molecule has 0 aliphatic rings. The lowest BCUT2D eigenvalue weighted by Crippen LogP contribution is -2.04. The molecule has 0 spiro atoms. The van der Waals surface area contributed by atoms with Gasteiger partial charge in [0, 0.05) is 17.4 Å². The van der Waals surface area contributed by atoms with Crippen molar-refractivity contribution in [3.05, 3.63) is 53.6 Å². The van der Waals surface area contributed by atoms with Crippen molar-refractivity contribution in [1.29, 1.82) is 0 Å².